The van der Waals surface area contributed by atoms with Gasteiger partial charge in [-0.1, -0.05) is 24.3 Å². The van der Waals surface area contributed by atoms with E-state index in [-0.39, 0.29) is 5.82 Å². The van der Waals surface area contributed by atoms with Crippen molar-refractivity contribution in [3.63, 3.8) is 0 Å². The van der Waals surface area contributed by atoms with E-state index in [4.69, 9.17) is 0 Å². The quantitative estimate of drug-likeness (QED) is 0.552. The fourth-order valence-corrected chi connectivity index (χ4v) is 1.86. The maximum atomic E-state index is 13.6. The lowest BCUT2D eigenvalue weighted by Crippen LogP contribution is -1.80. The zero-order valence-electron chi connectivity index (χ0n) is 7.42. The molecule has 3 rings (SSSR count). The number of hydrogen-bond acceptors (Lipinski definition) is 0. The van der Waals surface area contributed by atoms with Crippen molar-refractivity contribution in [1.29, 1.82) is 0 Å². The molecule has 0 amide bonds. The standard InChI is InChI=1S/C12H8FN/c13-11-7-8-5-6-14-12(8)10-4-2-1-3-9(10)11/h1-7,14H. The lowest BCUT2D eigenvalue weighted by atomic mass is 10.1. The molecule has 2 heteroatoms. The normalized spacial score (nSPS) is 11.2. The van der Waals surface area contributed by atoms with Gasteiger partial charge in [0.05, 0.1) is 5.52 Å². The van der Waals surface area contributed by atoms with E-state index in [1.165, 1.54) is 0 Å². The van der Waals surface area contributed by atoms with Gasteiger partial charge in [0.2, 0.25) is 0 Å². The molecule has 0 atom stereocenters. The fourth-order valence-electron chi connectivity index (χ4n) is 1.86. The third kappa shape index (κ3) is 0.880. The van der Waals surface area contributed by atoms with E-state index in [1.807, 2.05) is 30.5 Å². The molecule has 0 aliphatic rings. The summed E-state index contributed by atoms with van der Waals surface area (Å²) in [5.41, 5.74) is 1.00. The molecule has 3 aromatic rings. The molecule has 0 fully saturated rings. The maximum Gasteiger partial charge on any atom is 0.131 e. The third-order valence-corrected chi connectivity index (χ3v) is 2.52. The summed E-state index contributed by atoms with van der Waals surface area (Å²) in [5, 5.41) is 2.52. The second-order valence-corrected chi connectivity index (χ2v) is 3.35. The van der Waals surface area contributed by atoms with Crippen LogP contribution in [0.3, 0.4) is 0 Å². The summed E-state index contributed by atoms with van der Waals surface area (Å²) in [5.74, 6) is -0.160. The molecule has 0 saturated heterocycles. The fraction of sp³-hybridized carbons (Fsp3) is 0. The summed E-state index contributed by atoms with van der Waals surface area (Å²) in [6.07, 6.45) is 1.83. The molecule has 1 aromatic heterocycles. The Hall–Kier alpha value is -1.83. The van der Waals surface area contributed by atoms with E-state index in [9.17, 15) is 4.39 Å². The minimum absolute atomic E-state index is 0.160. The van der Waals surface area contributed by atoms with E-state index in [0.717, 1.165) is 16.3 Å². The van der Waals surface area contributed by atoms with Crippen LogP contribution in [0, 0.1) is 5.82 Å². The van der Waals surface area contributed by atoms with Crippen molar-refractivity contribution in [3.8, 4) is 0 Å². The van der Waals surface area contributed by atoms with Crippen molar-refractivity contribution in [2.75, 3.05) is 0 Å². The Morgan fingerprint density at radius 3 is 2.64 bits per heavy atom. The summed E-state index contributed by atoms with van der Waals surface area (Å²) in [4.78, 5) is 3.12. The number of H-pyrrole nitrogens is 1. The highest BCUT2D eigenvalue weighted by atomic mass is 19.1. The van der Waals surface area contributed by atoms with Gasteiger partial charge in [-0.15, -0.1) is 0 Å². The topological polar surface area (TPSA) is 15.8 Å². The molecule has 1 heterocycles. The van der Waals surface area contributed by atoms with E-state index in [2.05, 4.69) is 4.98 Å². The van der Waals surface area contributed by atoms with Gasteiger partial charge >= 0.3 is 0 Å². The number of rotatable bonds is 0. The van der Waals surface area contributed by atoms with Gasteiger partial charge in [-0.05, 0) is 12.1 Å². The lowest BCUT2D eigenvalue weighted by Gasteiger charge is -2.00. The molecule has 14 heavy (non-hydrogen) atoms. The van der Waals surface area contributed by atoms with Crippen LogP contribution in [0.25, 0.3) is 21.7 Å². The first-order valence-electron chi connectivity index (χ1n) is 4.50. The van der Waals surface area contributed by atoms with Crippen molar-refractivity contribution in [2.24, 2.45) is 0 Å². The second kappa shape index (κ2) is 2.58. The Kier molecular flexibility index (Phi) is 1.39. The first-order chi connectivity index (χ1) is 6.86. The summed E-state index contributed by atoms with van der Waals surface area (Å²) in [6, 6.07) is 10.9. The molecule has 0 unspecified atom stereocenters. The highest BCUT2D eigenvalue weighted by Crippen LogP contribution is 2.26. The van der Waals surface area contributed by atoms with E-state index in [0.29, 0.717) is 5.39 Å². The Labute approximate surface area is 80.2 Å². The highest BCUT2D eigenvalue weighted by molar-refractivity contribution is 6.05. The molecule has 0 spiro atoms. The van der Waals surface area contributed by atoms with Crippen LogP contribution in [0.1, 0.15) is 0 Å². The number of fused-ring (bicyclic) bond motifs is 3. The van der Waals surface area contributed by atoms with Gasteiger partial charge in [-0.3, -0.25) is 0 Å². The Morgan fingerprint density at radius 1 is 1.00 bits per heavy atom. The number of benzene rings is 2. The minimum Gasteiger partial charge on any atom is -0.361 e. The average molecular weight is 185 g/mol. The minimum atomic E-state index is -0.160. The molecule has 1 nitrogen and oxygen atoms in total. The smallest absolute Gasteiger partial charge is 0.131 e. The molecular weight excluding hydrogens is 177 g/mol. The predicted octanol–water partition coefficient (Wildman–Crippen LogP) is 3.46. The number of aromatic nitrogens is 1. The lowest BCUT2D eigenvalue weighted by molar-refractivity contribution is 0.641. The van der Waals surface area contributed by atoms with Gasteiger partial charge in [0.1, 0.15) is 5.82 Å². The molecular formula is C12H8FN. The van der Waals surface area contributed by atoms with Crippen LogP contribution in [-0.2, 0) is 0 Å². The van der Waals surface area contributed by atoms with E-state index in [1.54, 1.807) is 12.1 Å². The molecule has 0 radical (unpaired) electrons. The van der Waals surface area contributed by atoms with Crippen LogP contribution in [0.5, 0.6) is 0 Å². The van der Waals surface area contributed by atoms with Gasteiger partial charge in [-0.25, -0.2) is 4.39 Å². The molecule has 2 aromatic carbocycles. The van der Waals surface area contributed by atoms with Gasteiger partial charge in [-0.2, -0.15) is 0 Å². The maximum absolute atomic E-state index is 13.6. The Bertz CT molecular complexity index is 610. The summed E-state index contributed by atoms with van der Waals surface area (Å²) >= 11 is 0. The van der Waals surface area contributed by atoms with Crippen molar-refractivity contribution in [1.82, 2.24) is 4.98 Å². The Morgan fingerprint density at radius 2 is 1.79 bits per heavy atom. The first kappa shape index (κ1) is 7.56. The monoisotopic (exact) mass is 185 g/mol. The van der Waals surface area contributed by atoms with Crippen LogP contribution in [0.4, 0.5) is 4.39 Å². The van der Waals surface area contributed by atoms with Gasteiger partial charge in [0.15, 0.2) is 0 Å². The van der Waals surface area contributed by atoms with Gasteiger partial charge in [0, 0.05) is 22.4 Å². The second-order valence-electron chi connectivity index (χ2n) is 3.35. The predicted molar refractivity (Wildman–Crippen MR) is 55.8 cm³/mol. The van der Waals surface area contributed by atoms with E-state index >= 15 is 0 Å². The number of hydrogen-bond donors (Lipinski definition) is 1. The summed E-state index contributed by atoms with van der Waals surface area (Å²) in [7, 11) is 0. The van der Waals surface area contributed by atoms with Crippen molar-refractivity contribution < 1.29 is 4.39 Å². The van der Waals surface area contributed by atoms with Crippen molar-refractivity contribution in [2.45, 2.75) is 0 Å². The summed E-state index contributed by atoms with van der Waals surface area (Å²) < 4.78 is 13.6. The van der Waals surface area contributed by atoms with Crippen LogP contribution < -0.4 is 0 Å². The van der Waals surface area contributed by atoms with Gasteiger partial charge in [0.25, 0.3) is 0 Å². The number of aromatic amines is 1. The highest BCUT2D eigenvalue weighted by Gasteiger charge is 2.05. The molecule has 0 saturated carbocycles. The van der Waals surface area contributed by atoms with Crippen molar-refractivity contribution >= 4 is 21.7 Å². The zero-order chi connectivity index (χ0) is 9.54. The molecule has 68 valence electrons. The molecule has 0 aliphatic heterocycles. The van der Waals surface area contributed by atoms with Crippen molar-refractivity contribution in [3.05, 3.63) is 48.4 Å². The largest absolute Gasteiger partial charge is 0.361 e. The molecule has 0 aliphatic carbocycles. The van der Waals surface area contributed by atoms with Gasteiger partial charge < -0.3 is 4.98 Å². The first-order valence-corrected chi connectivity index (χ1v) is 4.50. The Balaban J connectivity index is 2.67. The zero-order valence-corrected chi connectivity index (χ0v) is 7.42. The molecule has 1 N–H and O–H groups in total. The van der Waals surface area contributed by atoms with Crippen LogP contribution in [0.2, 0.25) is 0 Å². The number of halogens is 1. The third-order valence-electron chi connectivity index (χ3n) is 2.52. The average Bonchev–Trinajstić information content (AvgIpc) is 2.66. The summed E-state index contributed by atoms with van der Waals surface area (Å²) in [6.45, 7) is 0. The van der Waals surface area contributed by atoms with Crippen LogP contribution in [0.15, 0.2) is 42.6 Å². The van der Waals surface area contributed by atoms with E-state index < -0.39 is 0 Å². The molecule has 0 bridgehead atoms. The SMILES string of the molecule is Fc1cc2cc[nH]c2c2ccccc12. The van der Waals surface area contributed by atoms with Crippen LogP contribution in [-0.4, -0.2) is 4.98 Å². The number of nitrogens with one attached hydrogen (secondary N) is 1. The van der Waals surface area contributed by atoms with Crippen LogP contribution >= 0.6 is 0 Å².